The number of aromatic nitrogens is 1. The van der Waals surface area contributed by atoms with E-state index >= 15 is 0 Å². The fourth-order valence-corrected chi connectivity index (χ4v) is 3.25. The number of carbonyl (C=O) groups excluding carboxylic acids is 2. The first kappa shape index (κ1) is 19.8. The van der Waals surface area contributed by atoms with Crippen molar-refractivity contribution >= 4 is 49.9 Å². The first-order valence-electron chi connectivity index (χ1n) is 8.05. The largest absolute Gasteiger partial charge is 0.455 e. The molecule has 0 fully saturated rings. The third-order valence-electron chi connectivity index (χ3n) is 3.69. The quantitative estimate of drug-likeness (QED) is 0.350. The molecule has 0 saturated heterocycles. The molecule has 3 rings (SSSR count). The Morgan fingerprint density at radius 1 is 1.03 bits per heavy atom. The van der Waals surface area contributed by atoms with Crippen LogP contribution in [0.5, 0.6) is 0 Å². The molecule has 12 heteroatoms. The van der Waals surface area contributed by atoms with Crippen molar-refractivity contribution in [1.29, 1.82) is 0 Å². The number of thiazole rings is 1. The number of benzene rings is 2. The van der Waals surface area contributed by atoms with E-state index in [1.165, 1.54) is 42.5 Å². The fraction of sp³-hybridized carbons (Fsp3) is 0.118. The van der Waals surface area contributed by atoms with E-state index in [-0.39, 0.29) is 22.9 Å². The minimum atomic E-state index is -0.672. The smallest absolute Gasteiger partial charge is 0.310 e. The van der Waals surface area contributed by atoms with Crippen LogP contribution >= 0.6 is 11.3 Å². The lowest BCUT2D eigenvalue weighted by molar-refractivity contribution is -0.385. The molecule has 1 aromatic heterocycles. The Hall–Kier alpha value is -3.93. The molecule has 0 aliphatic heterocycles. The monoisotopic (exact) mass is 416 g/mol. The Bertz CT molecular complexity index is 1110. The van der Waals surface area contributed by atoms with Crippen LogP contribution in [0.1, 0.15) is 5.56 Å². The molecule has 1 heterocycles. The number of anilines is 1. The van der Waals surface area contributed by atoms with Crippen molar-refractivity contribution in [2.24, 2.45) is 0 Å². The number of ether oxygens (including phenoxy) is 1. The molecule has 2 aromatic carbocycles. The lowest BCUT2D eigenvalue weighted by atomic mass is 10.1. The van der Waals surface area contributed by atoms with Crippen molar-refractivity contribution in [3.8, 4) is 0 Å². The van der Waals surface area contributed by atoms with Gasteiger partial charge in [0.05, 0.1) is 26.5 Å². The number of hydrogen-bond donors (Lipinski definition) is 1. The summed E-state index contributed by atoms with van der Waals surface area (Å²) in [5.74, 6) is -1.29. The third-order valence-corrected chi connectivity index (χ3v) is 4.62. The number of nitro groups is 2. The van der Waals surface area contributed by atoms with E-state index in [0.717, 1.165) is 11.3 Å². The zero-order chi connectivity index (χ0) is 21.0. The van der Waals surface area contributed by atoms with Crippen LogP contribution in [0.2, 0.25) is 0 Å². The van der Waals surface area contributed by atoms with Gasteiger partial charge in [0.2, 0.25) is 0 Å². The lowest BCUT2D eigenvalue weighted by Crippen LogP contribution is -2.21. The number of esters is 1. The topological polar surface area (TPSA) is 155 Å². The lowest BCUT2D eigenvalue weighted by Gasteiger charge is -2.04. The third kappa shape index (κ3) is 5.07. The molecule has 0 atom stereocenters. The first-order chi connectivity index (χ1) is 13.8. The molecule has 0 spiro atoms. The molecule has 1 amide bonds. The normalized spacial score (nSPS) is 10.5. The van der Waals surface area contributed by atoms with Gasteiger partial charge in [-0.15, -0.1) is 0 Å². The number of amides is 1. The second-order valence-corrected chi connectivity index (χ2v) is 6.77. The second kappa shape index (κ2) is 8.39. The summed E-state index contributed by atoms with van der Waals surface area (Å²) in [7, 11) is 0. The molecule has 0 bridgehead atoms. The van der Waals surface area contributed by atoms with Crippen molar-refractivity contribution in [2.75, 3.05) is 11.9 Å². The fourth-order valence-electron chi connectivity index (χ4n) is 2.33. The van der Waals surface area contributed by atoms with Gasteiger partial charge in [0, 0.05) is 24.3 Å². The van der Waals surface area contributed by atoms with E-state index < -0.39 is 28.3 Å². The van der Waals surface area contributed by atoms with Crippen LogP contribution in [-0.2, 0) is 20.7 Å². The van der Waals surface area contributed by atoms with Gasteiger partial charge in [-0.25, -0.2) is 4.98 Å². The van der Waals surface area contributed by atoms with Crippen molar-refractivity contribution in [3.63, 3.8) is 0 Å². The van der Waals surface area contributed by atoms with Crippen molar-refractivity contribution in [1.82, 2.24) is 4.98 Å². The van der Waals surface area contributed by atoms with Crippen molar-refractivity contribution < 1.29 is 24.2 Å². The number of non-ortho nitro benzene ring substituents is 2. The van der Waals surface area contributed by atoms with E-state index in [9.17, 15) is 29.8 Å². The predicted molar refractivity (Wildman–Crippen MR) is 103 cm³/mol. The maximum Gasteiger partial charge on any atom is 0.310 e. The highest BCUT2D eigenvalue weighted by atomic mass is 32.1. The highest BCUT2D eigenvalue weighted by molar-refractivity contribution is 7.22. The first-order valence-corrected chi connectivity index (χ1v) is 8.87. The minimum absolute atomic E-state index is 0.0841. The van der Waals surface area contributed by atoms with Gasteiger partial charge in [-0.05, 0) is 11.6 Å². The highest BCUT2D eigenvalue weighted by Gasteiger charge is 2.14. The van der Waals surface area contributed by atoms with E-state index in [2.05, 4.69) is 10.3 Å². The summed E-state index contributed by atoms with van der Waals surface area (Å²) in [6.07, 6.45) is -0.143. The second-order valence-electron chi connectivity index (χ2n) is 5.74. The zero-order valence-corrected chi connectivity index (χ0v) is 15.4. The average molecular weight is 416 g/mol. The maximum atomic E-state index is 11.9. The molecule has 1 N–H and O–H groups in total. The summed E-state index contributed by atoms with van der Waals surface area (Å²) in [4.78, 5) is 48.2. The van der Waals surface area contributed by atoms with Crippen LogP contribution in [0.15, 0.2) is 42.5 Å². The number of nitrogens with zero attached hydrogens (tertiary/aromatic N) is 3. The zero-order valence-electron chi connectivity index (χ0n) is 14.6. The molecule has 29 heavy (non-hydrogen) atoms. The number of nitro benzene ring substituents is 2. The Morgan fingerprint density at radius 3 is 2.34 bits per heavy atom. The standard InChI is InChI=1S/C17H12N4O7S/c22-15(9-28-16(23)7-10-1-3-11(4-2-10)20(24)25)19-17-18-13-6-5-12(21(26)27)8-14(13)29-17/h1-6,8H,7,9H2,(H,18,19,22). The van der Waals surface area contributed by atoms with E-state index in [1.807, 2.05) is 0 Å². The predicted octanol–water partition coefficient (Wildman–Crippen LogP) is 2.84. The van der Waals surface area contributed by atoms with Crippen LogP contribution in [-0.4, -0.2) is 33.3 Å². The van der Waals surface area contributed by atoms with Gasteiger partial charge in [0.15, 0.2) is 11.7 Å². The molecule has 0 saturated carbocycles. The van der Waals surface area contributed by atoms with Crippen LogP contribution in [0.4, 0.5) is 16.5 Å². The summed E-state index contributed by atoms with van der Waals surface area (Å²) in [6.45, 7) is -0.540. The average Bonchev–Trinajstić information content (AvgIpc) is 3.08. The molecule has 0 radical (unpaired) electrons. The maximum absolute atomic E-state index is 11.9. The van der Waals surface area contributed by atoms with Gasteiger partial charge in [-0.2, -0.15) is 0 Å². The number of nitrogens with one attached hydrogen (secondary N) is 1. The molecule has 148 valence electrons. The SMILES string of the molecule is O=C(COC(=O)Cc1ccc([N+](=O)[O-])cc1)Nc1nc2ccc([N+](=O)[O-])cc2s1. The van der Waals surface area contributed by atoms with Crippen molar-refractivity contribution in [2.45, 2.75) is 6.42 Å². The summed E-state index contributed by atoms with van der Waals surface area (Å²) in [5, 5.41) is 24.1. The molecule has 0 aliphatic rings. The van der Waals surface area contributed by atoms with Crippen LogP contribution in [0.25, 0.3) is 10.2 Å². The molecule has 11 nitrogen and oxygen atoms in total. The Balaban J connectivity index is 1.52. The molecular weight excluding hydrogens is 404 g/mol. The van der Waals surface area contributed by atoms with E-state index in [0.29, 0.717) is 15.8 Å². The number of rotatable bonds is 7. The van der Waals surface area contributed by atoms with Crippen molar-refractivity contribution in [3.05, 3.63) is 68.3 Å². The van der Waals surface area contributed by atoms with E-state index in [1.54, 1.807) is 0 Å². The summed E-state index contributed by atoms with van der Waals surface area (Å²) in [5.41, 5.74) is 0.821. The number of carbonyl (C=O) groups is 2. The van der Waals surface area contributed by atoms with Crippen LogP contribution < -0.4 is 5.32 Å². The number of fused-ring (bicyclic) bond motifs is 1. The van der Waals surface area contributed by atoms with E-state index in [4.69, 9.17) is 4.74 Å². The van der Waals surface area contributed by atoms with Gasteiger partial charge >= 0.3 is 5.97 Å². The molecule has 0 unspecified atom stereocenters. The molecule has 0 aliphatic carbocycles. The minimum Gasteiger partial charge on any atom is -0.455 e. The summed E-state index contributed by atoms with van der Waals surface area (Å²) < 4.78 is 5.42. The summed E-state index contributed by atoms with van der Waals surface area (Å²) >= 11 is 1.05. The Kier molecular flexibility index (Phi) is 5.74. The summed E-state index contributed by atoms with van der Waals surface area (Å²) in [6, 6.07) is 9.55. The van der Waals surface area contributed by atoms with Gasteiger partial charge in [-0.1, -0.05) is 23.5 Å². The van der Waals surface area contributed by atoms with Gasteiger partial charge in [0.1, 0.15) is 0 Å². The van der Waals surface area contributed by atoms with Gasteiger partial charge < -0.3 is 4.74 Å². The Morgan fingerprint density at radius 2 is 1.69 bits per heavy atom. The Labute approximate surface area is 166 Å². The molecule has 3 aromatic rings. The molecular formula is C17H12N4O7S. The van der Waals surface area contributed by atoms with Crippen LogP contribution in [0, 0.1) is 20.2 Å². The van der Waals surface area contributed by atoms with Gasteiger partial charge in [-0.3, -0.25) is 35.1 Å². The highest BCUT2D eigenvalue weighted by Crippen LogP contribution is 2.29. The van der Waals surface area contributed by atoms with Gasteiger partial charge in [0.25, 0.3) is 17.3 Å². The number of hydrogen-bond acceptors (Lipinski definition) is 9. The van der Waals surface area contributed by atoms with Crippen LogP contribution in [0.3, 0.4) is 0 Å².